The van der Waals surface area contributed by atoms with Gasteiger partial charge in [0.1, 0.15) is 5.82 Å². The molecule has 3 heterocycles. The van der Waals surface area contributed by atoms with Crippen molar-refractivity contribution in [1.82, 2.24) is 20.2 Å². The molecule has 0 aliphatic heterocycles. The molecule has 4 aromatic rings. The highest BCUT2D eigenvalue weighted by molar-refractivity contribution is 7.16. The van der Waals surface area contributed by atoms with Crippen LogP contribution in [0, 0.1) is 0 Å². The summed E-state index contributed by atoms with van der Waals surface area (Å²) >= 11 is 1.58. The van der Waals surface area contributed by atoms with Gasteiger partial charge in [0.25, 0.3) is 5.89 Å². The maximum Gasteiger partial charge on any atom is 0.306 e. The Morgan fingerprint density at radius 3 is 2.82 bits per heavy atom. The number of fused-ring (bicyclic) bond motifs is 1. The number of benzene rings is 1. The first-order chi connectivity index (χ1) is 13.5. The van der Waals surface area contributed by atoms with Crippen LogP contribution in [0.25, 0.3) is 21.7 Å². The summed E-state index contributed by atoms with van der Waals surface area (Å²) in [7, 11) is 0. The zero-order valence-electron chi connectivity index (χ0n) is 15.1. The van der Waals surface area contributed by atoms with Crippen molar-refractivity contribution in [3.05, 3.63) is 41.9 Å². The van der Waals surface area contributed by atoms with Gasteiger partial charge in [0.15, 0.2) is 0 Å². The summed E-state index contributed by atoms with van der Waals surface area (Å²) < 4.78 is 6.44. The Balaban J connectivity index is 1.67. The van der Waals surface area contributed by atoms with Crippen LogP contribution in [0.2, 0.25) is 0 Å². The van der Waals surface area contributed by atoms with Gasteiger partial charge in [-0.3, -0.25) is 4.79 Å². The van der Waals surface area contributed by atoms with E-state index < -0.39 is 5.91 Å². The van der Waals surface area contributed by atoms with Gasteiger partial charge in [-0.1, -0.05) is 0 Å². The van der Waals surface area contributed by atoms with Crippen LogP contribution in [0.3, 0.4) is 0 Å². The van der Waals surface area contributed by atoms with Crippen molar-refractivity contribution >= 4 is 44.7 Å². The normalized spacial score (nSPS) is 11.1. The fraction of sp³-hybridized carbons (Fsp3) is 0.167. The summed E-state index contributed by atoms with van der Waals surface area (Å²) in [5, 5.41) is 14.2. The zero-order valence-corrected chi connectivity index (χ0v) is 15.9. The molecule has 10 heteroatoms. The number of amides is 1. The van der Waals surface area contributed by atoms with Gasteiger partial charge in [-0.05, 0) is 32.0 Å². The number of hydrogen-bond donors (Lipinski definition) is 3. The fourth-order valence-corrected chi connectivity index (χ4v) is 3.35. The summed E-state index contributed by atoms with van der Waals surface area (Å²) in [6, 6.07) is 7.93. The molecule has 0 bridgehead atoms. The van der Waals surface area contributed by atoms with Crippen LogP contribution in [0.4, 0.5) is 17.2 Å². The number of anilines is 3. The quantitative estimate of drug-likeness (QED) is 0.452. The second kappa shape index (κ2) is 7.24. The second-order valence-corrected chi connectivity index (χ2v) is 7.24. The highest BCUT2D eigenvalue weighted by atomic mass is 32.1. The Bertz CT molecular complexity index is 1150. The Morgan fingerprint density at radius 1 is 1.21 bits per heavy atom. The third-order valence-electron chi connectivity index (χ3n) is 3.82. The van der Waals surface area contributed by atoms with E-state index in [1.54, 1.807) is 17.5 Å². The van der Waals surface area contributed by atoms with E-state index in [-0.39, 0.29) is 17.8 Å². The minimum Gasteiger partial charge on any atom is -0.412 e. The lowest BCUT2D eigenvalue weighted by Crippen LogP contribution is -2.11. The number of rotatable bonds is 6. The van der Waals surface area contributed by atoms with E-state index in [0.717, 1.165) is 21.6 Å². The van der Waals surface area contributed by atoms with Crippen molar-refractivity contribution in [3.63, 3.8) is 0 Å². The minimum atomic E-state index is -0.776. The number of carbonyl (C=O) groups excluding carboxylic acids is 1. The van der Waals surface area contributed by atoms with Gasteiger partial charge in [-0.15, -0.1) is 21.5 Å². The molecule has 0 aliphatic rings. The molecule has 4 rings (SSSR count). The number of nitrogens with two attached hydrogens (primary N) is 1. The fourth-order valence-electron chi connectivity index (χ4n) is 2.64. The Kier molecular flexibility index (Phi) is 4.62. The van der Waals surface area contributed by atoms with Crippen molar-refractivity contribution < 1.29 is 9.21 Å². The molecule has 0 spiro atoms. The lowest BCUT2D eigenvalue weighted by molar-refractivity contribution is 0.0968. The molecule has 1 amide bonds. The van der Waals surface area contributed by atoms with Gasteiger partial charge in [0, 0.05) is 24.0 Å². The van der Waals surface area contributed by atoms with Crippen molar-refractivity contribution in [2.24, 2.45) is 5.73 Å². The molecule has 0 aliphatic carbocycles. The number of primary amides is 1. The van der Waals surface area contributed by atoms with Gasteiger partial charge in [0.2, 0.25) is 0 Å². The van der Waals surface area contributed by atoms with E-state index in [4.69, 9.17) is 10.2 Å². The summed E-state index contributed by atoms with van der Waals surface area (Å²) in [6.45, 7) is 4.02. The highest BCUT2D eigenvalue weighted by Gasteiger charge is 2.17. The summed E-state index contributed by atoms with van der Waals surface area (Å²) in [5.41, 5.74) is 10.2. The maximum absolute atomic E-state index is 11.2. The van der Waals surface area contributed by atoms with E-state index >= 15 is 0 Å². The summed E-state index contributed by atoms with van der Waals surface area (Å²) in [4.78, 5) is 19.9. The van der Waals surface area contributed by atoms with Crippen molar-refractivity contribution in [2.75, 3.05) is 10.6 Å². The second-order valence-electron chi connectivity index (χ2n) is 6.35. The number of nitrogens with zero attached hydrogens (tertiary/aromatic N) is 4. The molecular weight excluding hydrogens is 378 g/mol. The van der Waals surface area contributed by atoms with E-state index in [2.05, 4.69) is 30.8 Å². The van der Waals surface area contributed by atoms with Crippen LogP contribution in [0.5, 0.6) is 0 Å². The molecule has 142 valence electrons. The SMILES string of the molecule is CC(C)Nc1cc(Nc2ccc3ncsc3c2)ncc1-c1nnc(C(N)=O)o1. The molecule has 4 N–H and O–H groups in total. The van der Waals surface area contributed by atoms with Crippen LogP contribution in [-0.2, 0) is 0 Å². The zero-order chi connectivity index (χ0) is 19.7. The van der Waals surface area contributed by atoms with Gasteiger partial charge in [-0.2, -0.15) is 0 Å². The first kappa shape index (κ1) is 17.9. The lowest BCUT2D eigenvalue weighted by Gasteiger charge is -2.15. The number of aromatic nitrogens is 4. The Hall–Kier alpha value is -3.53. The first-order valence-corrected chi connectivity index (χ1v) is 9.38. The Morgan fingerprint density at radius 2 is 2.07 bits per heavy atom. The molecule has 1 aromatic carbocycles. The maximum atomic E-state index is 11.2. The van der Waals surface area contributed by atoms with Crippen molar-refractivity contribution in [1.29, 1.82) is 0 Å². The van der Waals surface area contributed by atoms with Crippen molar-refractivity contribution in [3.8, 4) is 11.5 Å². The van der Waals surface area contributed by atoms with Gasteiger partial charge in [0.05, 0.1) is 27.0 Å². The monoisotopic (exact) mass is 395 g/mol. The molecule has 28 heavy (non-hydrogen) atoms. The van der Waals surface area contributed by atoms with E-state index in [9.17, 15) is 4.79 Å². The number of hydrogen-bond acceptors (Lipinski definition) is 9. The lowest BCUT2D eigenvalue weighted by atomic mass is 10.2. The standard InChI is InChI=1S/C18H17N7O2S/c1-9(2)22-13-6-15(23-10-3-4-12-14(5-10)28-8-21-12)20-7-11(13)17-24-25-18(27-17)16(19)26/h3-9H,1-2H3,(H2,19,26)(H2,20,22,23). The topological polar surface area (TPSA) is 132 Å². The van der Waals surface area contributed by atoms with Gasteiger partial charge >= 0.3 is 11.8 Å². The van der Waals surface area contributed by atoms with E-state index in [0.29, 0.717) is 11.4 Å². The van der Waals surface area contributed by atoms with Crippen LogP contribution in [0.15, 0.2) is 40.4 Å². The average Bonchev–Trinajstić information content (AvgIpc) is 3.30. The van der Waals surface area contributed by atoms with E-state index in [1.807, 2.05) is 43.6 Å². The molecule has 0 saturated heterocycles. The highest BCUT2D eigenvalue weighted by Crippen LogP contribution is 2.31. The molecule has 0 fully saturated rings. The molecule has 0 unspecified atom stereocenters. The van der Waals surface area contributed by atoms with Crippen LogP contribution in [0.1, 0.15) is 24.5 Å². The first-order valence-electron chi connectivity index (χ1n) is 8.50. The minimum absolute atomic E-state index is 0.154. The molecule has 3 aromatic heterocycles. The predicted molar refractivity (Wildman–Crippen MR) is 108 cm³/mol. The molecule has 0 atom stereocenters. The van der Waals surface area contributed by atoms with Crippen molar-refractivity contribution in [2.45, 2.75) is 19.9 Å². The third-order valence-corrected chi connectivity index (χ3v) is 4.61. The molecular formula is C18H17N7O2S. The summed E-state index contributed by atoms with van der Waals surface area (Å²) in [6.07, 6.45) is 1.61. The number of pyridine rings is 1. The molecule has 0 radical (unpaired) electrons. The number of thiazole rings is 1. The largest absolute Gasteiger partial charge is 0.412 e. The smallest absolute Gasteiger partial charge is 0.306 e. The third kappa shape index (κ3) is 3.62. The summed E-state index contributed by atoms with van der Waals surface area (Å²) in [5.74, 6) is -0.208. The van der Waals surface area contributed by atoms with Crippen LogP contribution < -0.4 is 16.4 Å². The predicted octanol–water partition coefficient (Wildman–Crippen LogP) is 3.40. The molecule has 0 saturated carbocycles. The van der Waals surface area contributed by atoms with Gasteiger partial charge in [-0.25, -0.2) is 9.97 Å². The molecule has 9 nitrogen and oxygen atoms in total. The number of nitrogens with one attached hydrogen (secondary N) is 2. The van der Waals surface area contributed by atoms with Crippen LogP contribution in [-0.4, -0.2) is 32.1 Å². The van der Waals surface area contributed by atoms with Crippen LogP contribution >= 0.6 is 11.3 Å². The van der Waals surface area contributed by atoms with E-state index in [1.165, 1.54) is 0 Å². The Labute approximate surface area is 164 Å². The number of carbonyl (C=O) groups is 1. The average molecular weight is 395 g/mol. The van der Waals surface area contributed by atoms with Gasteiger partial charge < -0.3 is 20.8 Å².